The van der Waals surface area contributed by atoms with E-state index in [9.17, 15) is 8.42 Å². The molecular weight excluding hydrogens is 238 g/mol. The van der Waals surface area contributed by atoms with Gasteiger partial charge in [0.1, 0.15) is 0 Å². The second-order valence-electron chi connectivity index (χ2n) is 5.13. The van der Waals surface area contributed by atoms with E-state index in [0.717, 1.165) is 12.8 Å². The number of hydrogen-bond donors (Lipinski definition) is 3. The van der Waals surface area contributed by atoms with Crippen LogP contribution in [0.25, 0.3) is 0 Å². The summed E-state index contributed by atoms with van der Waals surface area (Å²) in [6.45, 7) is 3.97. The van der Waals surface area contributed by atoms with E-state index in [1.54, 1.807) is 13.8 Å². The van der Waals surface area contributed by atoms with E-state index in [2.05, 4.69) is 9.44 Å². The molecule has 1 aliphatic rings. The summed E-state index contributed by atoms with van der Waals surface area (Å²) < 4.78 is 28.8. The molecule has 1 unspecified atom stereocenters. The Labute approximate surface area is 105 Å². The van der Waals surface area contributed by atoms with Gasteiger partial charge in [0, 0.05) is 18.6 Å². The Bertz CT molecular complexity index is 311. The third kappa shape index (κ3) is 5.33. The highest BCUT2D eigenvalue weighted by atomic mass is 32.2. The molecule has 1 fully saturated rings. The second kappa shape index (κ2) is 6.68. The maximum absolute atomic E-state index is 11.8. The fourth-order valence-electron chi connectivity index (χ4n) is 2.42. The first kappa shape index (κ1) is 14.9. The molecule has 1 atom stereocenters. The summed E-state index contributed by atoms with van der Waals surface area (Å²) in [5.74, 6) is 0.387. The maximum atomic E-state index is 11.8. The zero-order valence-electron chi connectivity index (χ0n) is 10.8. The van der Waals surface area contributed by atoms with Crippen LogP contribution in [0.5, 0.6) is 0 Å². The molecule has 102 valence electrons. The Balaban J connectivity index is 2.56. The molecule has 0 bridgehead atoms. The Morgan fingerprint density at radius 1 is 1.18 bits per heavy atom. The van der Waals surface area contributed by atoms with Gasteiger partial charge in [0.2, 0.25) is 0 Å². The van der Waals surface area contributed by atoms with Crippen LogP contribution in [-0.4, -0.2) is 27.0 Å². The molecule has 0 aromatic heterocycles. The minimum atomic E-state index is -3.42. The molecule has 4 N–H and O–H groups in total. The third-order valence-electron chi connectivity index (χ3n) is 3.17. The van der Waals surface area contributed by atoms with Crippen molar-refractivity contribution in [1.82, 2.24) is 9.44 Å². The summed E-state index contributed by atoms with van der Waals surface area (Å²) in [5.41, 5.74) is 5.69. The minimum absolute atomic E-state index is 0.0997. The zero-order valence-corrected chi connectivity index (χ0v) is 11.6. The predicted octanol–water partition coefficient (Wildman–Crippen LogP) is 0.726. The van der Waals surface area contributed by atoms with Crippen LogP contribution in [0.2, 0.25) is 0 Å². The molecule has 0 spiro atoms. The van der Waals surface area contributed by atoms with Crippen molar-refractivity contribution in [3.8, 4) is 0 Å². The SMILES string of the molecule is CC(C)NS(=O)(=O)NC(CN)C1CCCCC1. The molecule has 0 saturated heterocycles. The second-order valence-corrected chi connectivity index (χ2v) is 6.61. The van der Waals surface area contributed by atoms with E-state index in [1.807, 2.05) is 0 Å². The first-order valence-electron chi connectivity index (χ1n) is 6.44. The molecule has 0 heterocycles. The average molecular weight is 263 g/mol. The van der Waals surface area contributed by atoms with Gasteiger partial charge in [0.15, 0.2) is 0 Å². The van der Waals surface area contributed by atoms with Gasteiger partial charge in [-0.2, -0.15) is 17.9 Å². The van der Waals surface area contributed by atoms with Gasteiger partial charge in [0.05, 0.1) is 0 Å². The van der Waals surface area contributed by atoms with Gasteiger partial charge in [-0.15, -0.1) is 0 Å². The summed E-state index contributed by atoms with van der Waals surface area (Å²) in [7, 11) is -3.42. The Morgan fingerprint density at radius 3 is 2.24 bits per heavy atom. The van der Waals surface area contributed by atoms with Gasteiger partial charge >= 0.3 is 0 Å². The zero-order chi connectivity index (χ0) is 12.9. The van der Waals surface area contributed by atoms with Crippen molar-refractivity contribution in [2.24, 2.45) is 11.7 Å². The Kier molecular flexibility index (Phi) is 5.85. The summed E-state index contributed by atoms with van der Waals surface area (Å²) in [5, 5.41) is 0. The monoisotopic (exact) mass is 263 g/mol. The largest absolute Gasteiger partial charge is 0.329 e. The van der Waals surface area contributed by atoms with Crippen LogP contribution in [0.15, 0.2) is 0 Å². The highest BCUT2D eigenvalue weighted by Crippen LogP contribution is 2.26. The minimum Gasteiger partial charge on any atom is -0.329 e. The van der Waals surface area contributed by atoms with E-state index >= 15 is 0 Å². The van der Waals surface area contributed by atoms with Crippen molar-refractivity contribution in [2.45, 2.75) is 58.0 Å². The smallest absolute Gasteiger partial charge is 0.277 e. The maximum Gasteiger partial charge on any atom is 0.277 e. The van der Waals surface area contributed by atoms with Crippen molar-refractivity contribution < 1.29 is 8.42 Å². The summed E-state index contributed by atoms with van der Waals surface area (Å²) in [6, 6.07) is -0.233. The van der Waals surface area contributed by atoms with E-state index in [1.165, 1.54) is 19.3 Å². The molecule has 0 amide bonds. The van der Waals surface area contributed by atoms with Crippen LogP contribution in [-0.2, 0) is 10.2 Å². The first-order valence-corrected chi connectivity index (χ1v) is 7.92. The highest BCUT2D eigenvalue weighted by Gasteiger charge is 2.26. The standard InChI is InChI=1S/C11H25N3O2S/c1-9(2)13-17(15,16)14-11(8-12)10-6-4-3-5-7-10/h9-11,13-14H,3-8,12H2,1-2H3. The van der Waals surface area contributed by atoms with Crippen LogP contribution in [0.1, 0.15) is 46.0 Å². The molecule has 1 aliphatic carbocycles. The van der Waals surface area contributed by atoms with Gasteiger partial charge in [-0.05, 0) is 32.6 Å². The lowest BCUT2D eigenvalue weighted by molar-refractivity contribution is 0.293. The van der Waals surface area contributed by atoms with Crippen LogP contribution >= 0.6 is 0 Å². The van der Waals surface area contributed by atoms with Crippen LogP contribution in [0.4, 0.5) is 0 Å². The topological polar surface area (TPSA) is 84.2 Å². The molecule has 1 rings (SSSR count). The van der Waals surface area contributed by atoms with Crippen molar-refractivity contribution in [2.75, 3.05) is 6.54 Å². The average Bonchev–Trinajstić information content (AvgIpc) is 2.25. The fraction of sp³-hybridized carbons (Fsp3) is 1.00. The first-order chi connectivity index (χ1) is 7.94. The van der Waals surface area contributed by atoms with Gasteiger partial charge in [-0.1, -0.05) is 19.3 Å². The van der Waals surface area contributed by atoms with Gasteiger partial charge in [-0.3, -0.25) is 0 Å². The van der Waals surface area contributed by atoms with Gasteiger partial charge < -0.3 is 5.73 Å². The normalized spacial score (nSPS) is 20.7. The predicted molar refractivity (Wildman–Crippen MR) is 69.7 cm³/mol. The van der Waals surface area contributed by atoms with E-state index in [4.69, 9.17) is 5.73 Å². The molecular formula is C11H25N3O2S. The summed E-state index contributed by atoms with van der Waals surface area (Å²) in [4.78, 5) is 0. The number of nitrogens with one attached hydrogen (secondary N) is 2. The van der Waals surface area contributed by atoms with Crippen LogP contribution < -0.4 is 15.2 Å². The fourth-order valence-corrected chi connectivity index (χ4v) is 3.79. The molecule has 6 heteroatoms. The summed E-state index contributed by atoms with van der Waals surface area (Å²) in [6.07, 6.45) is 5.77. The lowest BCUT2D eigenvalue weighted by atomic mass is 9.84. The van der Waals surface area contributed by atoms with Crippen molar-refractivity contribution in [3.05, 3.63) is 0 Å². The highest BCUT2D eigenvalue weighted by molar-refractivity contribution is 7.87. The molecule has 5 nitrogen and oxygen atoms in total. The van der Waals surface area contributed by atoms with Crippen molar-refractivity contribution in [1.29, 1.82) is 0 Å². The third-order valence-corrected chi connectivity index (χ3v) is 4.56. The number of nitrogens with two attached hydrogens (primary N) is 1. The molecule has 0 radical (unpaired) electrons. The quantitative estimate of drug-likeness (QED) is 0.660. The lowest BCUT2D eigenvalue weighted by Gasteiger charge is -2.30. The number of hydrogen-bond acceptors (Lipinski definition) is 3. The number of rotatable bonds is 6. The molecule has 1 saturated carbocycles. The van der Waals surface area contributed by atoms with Crippen molar-refractivity contribution in [3.63, 3.8) is 0 Å². The van der Waals surface area contributed by atoms with Gasteiger partial charge in [0.25, 0.3) is 10.2 Å². The molecule has 0 aromatic rings. The molecule has 17 heavy (non-hydrogen) atoms. The van der Waals surface area contributed by atoms with E-state index in [-0.39, 0.29) is 12.1 Å². The Hall–Kier alpha value is -0.170. The van der Waals surface area contributed by atoms with Crippen LogP contribution in [0.3, 0.4) is 0 Å². The lowest BCUT2D eigenvalue weighted by Crippen LogP contribution is -2.51. The molecule has 0 aromatic carbocycles. The molecule has 0 aliphatic heterocycles. The van der Waals surface area contributed by atoms with Crippen LogP contribution in [0, 0.1) is 5.92 Å². The summed E-state index contributed by atoms with van der Waals surface area (Å²) >= 11 is 0. The van der Waals surface area contributed by atoms with Gasteiger partial charge in [-0.25, -0.2) is 0 Å². The van der Waals surface area contributed by atoms with E-state index in [0.29, 0.717) is 12.5 Å². The van der Waals surface area contributed by atoms with E-state index < -0.39 is 10.2 Å². The Morgan fingerprint density at radius 2 is 1.76 bits per heavy atom. The van der Waals surface area contributed by atoms with Crippen molar-refractivity contribution >= 4 is 10.2 Å².